The average Bonchev–Trinajstić information content (AvgIpc) is 2.84. The molecule has 1 aliphatic heterocycles. The van der Waals surface area contributed by atoms with E-state index < -0.39 is 16.1 Å². The predicted octanol–water partition coefficient (Wildman–Crippen LogP) is 2.44. The van der Waals surface area contributed by atoms with Crippen LogP contribution in [0, 0.1) is 0 Å². The van der Waals surface area contributed by atoms with Crippen molar-refractivity contribution < 1.29 is 13.2 Å². The Kier molecular flexibility index (Phi) is 3.64. The molecule has 21 heavy (non-hydrogen) atoms. The summed E-state index contributed by atoms with van der Waals surface area (Å²) in [5.74, 6) is 0.705. The quantitative estimate of drug-likeness (QED) is 0.815. The van der Waals surface area contributed by atoms with Crippen LogP contribution in [0.3, 0.4) is 0 Å². The molecule has 110 valence electrons. The topological polar surface area (TPSA) is 81.4 Å². The van der Waals surface area contributed by atoms with Gasteiger partial charge in [0.15, 0.2) is 0 Å². The monoisotopic (exact) mass is 368 g/mol. The van der Waals surface area contributed by atoms with Gasteiger partial charge in [-0.25, -0.2) is 13.1 Å². The third-order valence-corrected chi connectivity index (χ3v) is 5.71. The van der Waals surface area contributed by atoms with E-state index in [1.54, 1.807) is 12.1 Å². The minimum Gasteiger partial charge on any atom is -0.491 e. The second-order valence-electron chi connectivity index (χ2n) is 4.71. The Balaban J connectivity index is 1.93. The lowest BCUT2D eigenvalue weighted by atomic mass is 10.1. The van der Waals surface area contributed by atoms with Gasteiger partial charge in [0.25, 0.3) is 0 Å². The fourth-order valence-corrected chi connectivity index (χ4v) is 4.44. The zero-order valence-electron chi connectivity index (χ0n) is 10.9. The van der Waals surface area contributed by atoms with Crippen LogP contribution in [0.15, 0.2) is 51.8 Å². The van der Waals surface area contributed by atoms with Crippen molar-refractivity contribution in [2.75, 3.05) is 12.3 Å². The van der Waals surface area contributed by atoms with E-state index in [0.717, 1.165) is 5.56 Å². The summed E-state index contributed by atoms with van der Waals surface area (Å²) in [4.78, 5) is 0.117. The molecule has 3 rings (SSSR count). The molecule has 0 fully saturated rings. The number of halogens is 1. The number of para-hydroxylation sites is 1. The van der Waals surface area contributed by atoms with E-state index in [4.69, 9.17) is 10.5 Å². The minimum atomic E-state index is -3.70. The Morgan fingerprint density at radius 2 is 2.00 bits per heavy atom. The summed E-state index contributed by atoms with van der Waals surface area (Å²) >= 11 is 3.24. The molecule has 1 unspecified atom stereocenters. The molecule has 2 aromatic rings. The number of anilines is 1. The van der Waals surface area contributed by atoms with Gasteiger partial charge in [-0.2, -0.15) is 0 Å². The van der Waals surface area contributed by atoms with Crippen LogP contribution in [0.2, 0.25) is 0 Å². The number of ether oxygens (including phenoxy) is 1. The van der Waals surface area contributed by atoms with Crippen molar-refractivity contribution in [3.8, 4) is 5.75 Å². The highest BCUT2D eigenvalue weighted by molar-refractivity contribution is 9.10. The molecule has 0 bridgehead atoms. The van der Waals surface area contributed by atoms with Gasteiger partial charge in [-0.05, 0) is 40.2 Å². The van der Waals surface area contributed by atoms with Crippen molar-refractivity contribution in [1.29, 1.82) is 0 Å². The molecule has 2 aromatic carbocycles. The summed E-state index contributed by atoms with van der Waals surface area (Å²) in [5, 5.41) is 0. The molecule has 0 aliphatic carbocycles. The molecular formula is C14H13BrN2O3S. The first-order valence-corrected chi connectivity index (χ1v) is 8.54. The fraction of sp³-hybridized carbons (Fsp3) is 0.143. The van der Waals surface area contributed by atoms with Crippen LogP contribution in [-0.2, 0) is 10.0 Å². The van der Waals surface area contributed by atoms with E-state index in [-0.39, 0.29) is 11.5 Å². The summed E-state index contributed by atoms with van der Waals surface area (Å²) in [6.07, 6.45) is 0. The fourth-order valence-electron chi connectivity index (χ4n) is 2.24. The van der Waals surface area contributed by atoms with Gasteiger partial charge in [0.1, 0.15) is 12.4 Å². The average molecular weight is 369 g/mol. The largest absolute Gasteiger partial charge is 0.491 e. The van der Waals surface area contributed by atoms with Crippen molar-refractivity contribution in [3.63, 3.8) is 0 Å². The van der Waals surface area contributed by atoms with Gasteiger partial charge in [0, 0.05) is 15.7 Å². The molecule has 1 atom stereocenters. The van der Waals surface area contributed by atoms with E-state index in [1.807, 2.05) is 24.3 Å². The van der Waals surface area contributed by atoms with Crippen molar-refractivity contribution in [1.82, 2.24) is 4.72 Å². The third-order valence-electron chi connectivity index (χ3n) is 3.24. The Hall–Kier alpha value is -1.57. The Morgan fingerprint density at radius 3 is 2.81 bits per heavy atom. The maximum Gasteiger partial charge on any atom is 0.242 e. The van der Waals surface area contributed by atoms with Crippen LogP contribution in [0.4, 0.5) is 5.69 Å². The Morgan fingerprint density at radius 1 is 1.24 bits per heavy atom. The van der Waals surface area contributed by atoms with Crippen LogP contribution in [0.25, 0.3) is 0 Å². The number of nitrogens with one attached hydrogen (secondary N) is 1. The zero-order valence-corrected chi connectivity index (χ0v) is 13.3. The molecular weight excluding hydrogens is 356 g/mol. The number of sulfonamides is 1. The van der Waals surface area contributed by atoms with Crippen LogP contribution >= 0.6 is 15.9 Å². The number of benzene rings is 2. The van der Waals surface area contributed by atoms with E-state index in [1.165, 1.54) is 6.07 Å². The normalized spacial score (nSPS) is 17.3. The summed E-state index contributed by atoms with van der Waals surface area (Å²) < 4.78 is 33.6. The van der Waals surface area contributed by atoms with E-state index >= 15 is 0 Å². The highest BCUT2D eigenvalue weighted by atomic mass is 79.9. The van der Waals surface area contributed by atoms with Crippen molar-refractivity contribution in [2.45, 2.75) is 10.9 Å². The van der Waals surface area contributed by atoms with Gasteiger partial charge in [-0.1, -0.05) is 18.2 Å². The molecule has 3 N–H and O–H groups in total. The van der Waals surface area contributed by atoms with Gasteiger partial charge in [-0.3, -0.25) is 0 Å². The predicted molar refractivity (Wildman–Crippen MR) is 83.6 cm³/mol. The number of nitrogens with two attached hydrogens (primary N) is 1. The Bertz CT molecular complexity index is 793. The number of fused-ring (bicyclic) bond motifs is 1. The van der Waals surface area contributed by atoms with Gasteiger partial charge < -0.3 is 10.5 Å². The molecule has 5 nitrogen and oxygen atoms in total. The maximum atomic E-state index is 12.5. The lowest BCUT2D eigenvalue weighted by Gasteiger charge is -2.13. The SMILES string of the molecule is Nc1ccc(Br)c(S(=O)(=O)NC2COc3ccccc32)c1. The first kappa shape index (κ1) is 14.4. The molecule has 1 aliphatic rings. The molecule has 0 saturated heterocycles. The van der Waals surface area contributed by atoms with Crippen LogP contribution < -0.4 is 15.2 Å². The molecule has 0 saturated carbocycles. The van der Waals surface area contributed by atoms with E-state index in [2.05, 4.69) is 20.7 Å². The minimum absolute atomic E-state index is 0.117. The van der Waals surface area contributed by atoms with Gasteiger partial charge in [-0.15, -0.1) is 0 Å². The summed E-state index contributed by atoms with van der Waals surface area (Å²) in [5.41, 5.74) is 6.90. The van der Waals surface area contributed by atoms with Gasteiger partial charge in [0.2, 0.25) is 10.0 Å². The van der Waals surface area contributed by atoms with Crippen LogP contribution in [-0.4, -0.2) is 15.0 Å². The van der Waals surface area contributed by atoms with Crippen molar-refractivity contribution in [2.24, 2.45) is 0 Å². The second kappa shape index (κ2) is 5.32. The standard InChI is InChI=1S/C14H13BrN2O3S/c15-11-6-5-9(16)7-14(11)21(18,19)17-12-8-20-13-4-2-1-3-10(12)13/h1-7,12,17H,8,16H2. The number of hydrogen-bond donors (Lipinski definition) is 2. The Labute approximate surface area is 131 Å². The molecule has 0 aromatic heterocycles. The highest BCUT2D eigenvalue weighted by Crippen LogP contribution is 2.33. The maximum absolute atomic E-state index is 12.5. The highest BCUT2D eigenvalue weighted by Gasteiger charge is 2.29. The van der Waals surface area contributed by atoms with Crippen LogP contribution in [0.1, 0.15) is 11.6 Å². The third kappa shape index (κ3) is 2.76. The second-order valence-corrected chi connectivity index (χ2v) is 7.25. The zero-order chi connectivity index (χ0) is 15.0. The summed E-state index contributed by atoms with van der Waals surface area (Å²) in [6.45, 7) is 0.276. The lowest BCUT2D eigenvalue weighted by Crippen LogP contribution is -2.29. The van der Waals surface area contributed by atoms with Crippen LogP contribution in [0.5, 0.6) is 5.75 Å². The van der Waals surface area contributed by atoms with E-state index in [9.17, 15) is 8.42 Å². The smallest absolute Gasteiger partial charge is 0.242 e. The number of nitrogen functional groups attached to an aromatic ring is 1. The molecule has 0 amide bonds. The van der Waals surface area contributed by atoms with Gasteiger partial charge in [0.05, 0.1) is 10.9 Å². The van der Waals surface area contributed by atoms with Crippen molar-refractivity contribution in [3.05, 3.63) is 52.5 Å². The molecule has 0 spiro atoms. The molecule has 1 heterocycles. The lowest BCUT2D eigenvalue weighted by molar-refractivity contribution is 0.325. The molecule has 7 heteroatoms. The number of rotatable bonds is 3. The summed E-state index contributed by atoms with van der Waals surface area (Å²) in [6, 6.07) is 11.6. The first-order valence-electron chi connectivity index (χ1n) is 6.26. The summed E-state index contributed by atoms with van der Waals surface area (Å²) in [7, 11) is -3.70. The first-order chi connectivity index (χ1) is 9.97. The van der Waals surface area contributed by atoms with Gasteiger partial charge >= 0.3 is 0 Å². The molecule has 0 radical (unpaired) electrons. The van der Waals surface area contributed by atoms with Crippen molar-refractivity contribution >= 4 is 31.6 Å². The van der Waals surface area contributed by atoms with E-state index in [0.29, 0.717) is 15.9 Å². The number of hydrogen-bond acceptors (Lipinski definition) is 4.